The maximum atomic E-state index is 13.4. The standard InChI is InChI=1S/C26H27BrClF3N6O3S/c1-25(2)13-15(14-32-25)9-11-18(17-5-3-6-19(33-17)26(29,30)31)34-21-7-4-8-22(36-21)41(39,40)37-24(38)16-10-12-20(27)35-23(16)28/h3-8,10,12,15,18,32H,9,11,13-14H2,1-2H3,(H,34,36)(H,37,38)/p+1/t15-,18?/m1/s1. The summed E-state index contributed by atoms with van der Waals surface area (Å²) in [6.07, 6.45) is -2.51. The maximum Gasteiger partial charge on any atom is 0.433 e. The highest BCUT2D eigenvalue weighted by Crippen LogP contribution is 2.32. The molecule has 0 aromatic carbocycles. The summed E-state index contributed by atoms with van der Waals surface area (Å²) < 4.78 is 68.5. The van der Waals surface area contributed by atoms with Crippen LogP contribution in [0.4, 0.5) is 19.0 Å². The molecule has 9 nitrogen and oxygen atoms in total. The van der Waals surface area contributed by atoms with Crippen LogP contribution < -0.4 is 15.4 Å². The van der Waals surface area contributed by atoms with E-state index in [4.69, 9.17) is 11.6 Å². The minimum absolute atomic E-state index is 0.0891. The molecule has 1 fully saturated rings. The van der Waals surface area contributed by atoms with E-state index < -0.39 is 38.9 Å². The third-order valence-corrected chi connectivity index (χ3v) is 8.67. The molecule has 1 aliphatic heterocycles. The number of alkyl halides is 3. The van der Waals surface area contributed by atoms with Gasteiger partial charge in [-0.3, -0.25) is 4.79 Å². The number of rotatable bonds is 9. The fraction of sp³-hybridized carbons (Fsp3) is 0.385. The molecule has 4 heterocycles. The molecule has 1 saturated heterocycles. The first-order chi connectivity index (χ1) is 19.1. The number of amides is 1. The lowest BCUT2D eigenvalue weighted by molar-refractivity contribution is -0.702. The summed E-state index contributed by atoms with van der Waals surface area (Å²) >= 11 is 9.08. The predicted molar refractivity (Wildman–Crippen MR) is 150 cm³/mol. The number of aromatic nitrogens is 3. The molecular formula is C26H28BrClF3N6O3S+. The van der Waals surface area contributed by atoms with Gasteiger partial charge in [-0.25, -0.2) is 19.7 Å². The first kappa shape index (κ1) is 31.1. The number of nitrogens with two attached hydrogens (primary N) is 1. The molecule has 4 N–H and O–H groups in total. The largest absolute Gasteiger partial charge is 0.433 e. The van der Waals surface area contributed by atoms with E-state index in [1.165, 1.54) is 42.5 Å². The third kappa shape index (κ3) is 8.15. The smallest absolute Gasteiger partial charge is 0.362 e. The van der Waals surface area contributed by atoms with Crippen molar-refractivity contribution in [1.29, 1.82) is 0 Å². The number of carbonyl (C=O) groups excluding carboxylic acids is 1. The second kappa shape index (κ2) is 12.2. The zero-order valence-electron chi connectivity index (χ0n) is 22.0. The lowest BCUT2D eigenvalue weighted by atomic mass is 9.91. The zero-order chi connectivity index (χ0) is 30.0. The van der Waals surface area contributed by atoms with Gasteiger partial charge in [-0.05, 0) is 79.0 Å². The van der Waals surface area contributed by atoms with Gasteiger partial charge in [0.1, 0.15) is 21.3 Å². The average Bonchev–Trinajstić information content (AvgIpc) is 3.24. The Kier molecular flexibility index (Phi) is 9.26. The summed E-state index contributed by atoms with van der Waals surface area (Å²) in [5.74, 6) is -0.557. The first-order valence-electron chi connectivity index (χ1n) is 12.6. The number of halogens is 5. The van der Waals surface area contributed by atoms with Gasteiger partial charge in [-0.2, -0.15) is 21.6 Å². The Bertz CT molecular complexity index is 1540. The molecule has 4 rings (SSSR count). The fourth-order valence-corrected chi connectivity index (χ4v) is 6.34. The van der Waals surface area contributed by atoms with Crippen molar-refractivity contribution >= 4 is 49.3 Å². The molecule has 0 spiro atoms. The van der Waals surface area contributed by atoms with E-state index in [0.717, 1.165) is 19.0 Å². The Balaban J connectivity index is 1.57. The van der Waals surface area contributed by atoms with Crippen molar-refractivity contribution < 1.29 is 31.7 Å². The molecule has 0 bridgehead atoms. The molecule has 2 atom stereocenters. The van der Waals surface area contributed by atoms with Crippen molar-refractivity contribution in [3.8, 4) is 0 Å². The Labute approximate surface area is 248 Å². The quantitative estimate of drug-likeness (QED) is 0.280. The highest BCUT2D eigenvalue weighted by molar-refractivity contribution is 9.10. The summed E-state index contributed by atoms with van der Waals surface area (Å²) in [6, 6.07) is 9.83. The SMILES string of the molecule is CC1(C)C[C@@H](CCC(Nc2cccc(S(=O)(=O)NC(=O)c3ccc(Br)nc3Cl)n2)c2cccc(C(F)(F)F)n2)C[NH2+]1. The Morgan fingerprint density at radius 2 is 1.88 bits per heavy atom. The second-order valence-electron chi connectivity index (χ2n) is 10.5. The van der Waals surface area contributed by atoms with Crippen molar-refractivity contribution in [3.05, 3.63) is 75.2 Å². The second-order valence-corrected chi connectivity index (χ2v) is 13.3. The highest BCUT2D eigenvalue weighted by atomic mass is 79.9. The average molecular weight is 677 g/mol. The van der Waals surface area contributed by atoms with Crippen LogP contribution in [0.5, 0.6) is 0 Å². The van der Waals surface area contributed by atoms with Crippen molar-refractivity contribution in [2.45, 2.75) is 55.9 Å². The van der Waals surface area contributed by atoms with Gasteiger partial charge in [0.2, 0.25) is 0 Å². The number of sulfonamides is 1. The van der Waals surface area contributed by atoms with Crippen LogP contribution in [0.2, 0.25) is 5.15 Å². The third-order valence-electron chi connectivity index (χ3n) is 6.71. The van der Waals surface area contributed by atoms with Crippen LogP contribution in [0.1, 0.15) is 60.9 Å². The molecule has 1 unspecified atom stereocenters. The molecule has 0 saturated carbocycles. The molecule has 3 aromatic rings. The Morgan fingerprint density at radius 1 is 1.15 bits per heavy atom. The Hall–Kier alpha value is -2.81. The van der Waals surface area contributed by atoms with E-state index in [1.807, 2.05) is 4.72 Å². The van der Waals surface area contributed by atoms with Gasteiger partial charge in [-0.15, -0.1) is 0 Å². The van der Waals surface area contributed by atoms with Gasteiger partial charge in [0.05, 0.1) is 29.4 Å². The minimum atomic E-state index is -4.62. The van der Waals surface area contributed by atoms with Gasteiger partial charge in [-0.1, -0.05) is 23.7 Å². The van der Waals surface area contributed by atoms with Crippen LogP contribution in [-0.2, 0) is 16.2 Å². The molecular weight excluding hydrogens is 649 g/mol. The molecule has 220 valence electrons. The van der Waals surface area contributed by atoms with E-state index in [9.17, 15) is 26.4 Å². The summed E-state index contributed by atoms with van der Waals surface area (Å²) in [7, 11) is -4.44. The monoisotopic (exact) mass is 675 g/mol. The van der Waals surface area contributed by atoms with Gasteiger partial charge in [0.15, 0.2) is 5.03 Å². The number of anilines is 1. The maximum absolute atomic E-state index is 13.4. The van der Waals surface area contributed by atoms with Crippen LogP contribution in [0.3, 0.4) is 0 Å². The number of quaternary nitrogens is 1. The van der Waals surface area contributed by atoms with Gasteiger partial charge in [0.25, 0.3) is 15.9 Å². The lowest BCUT2D eigenvalue weighted by Gasteiger charge is -2.21. The van der Waals surface area contributed by atoms with Gasteiger partial charge in [0, 0.05) is 12.3 Å². The highest BCUT2D eigenvalue weighted by Gasteiger charge is 2.36. The van der Waals surface area contributed by atoms with Crippen LogP contribution in [0.15, 0.2) is 58.2 Å². The summed E-state index contributed by atoms with van der Waals surface area (Å²) in [4.78, 5) is 24.5. The van der Waals surface area contributed by atoms with E-state index in [0.29, 0.717) is 23.4 Å². The minimum Gasteiger partial charge on any atom is -0.362 e. The normalized spacial score (nSPS) is 17.7. The first-order valence-corrected chi connectivity index (χ1v) is 15.3. The van der Waals surface area contributed by atoms with E-state index in [2.05, 4.69) is 55.4 Å². The molecule has 41 heavy (non-hydrogen) atoms. The van der Waals surface area contributed by atoms with E-state index in [1.54, 1.807) is 0 Å². The summed E-state index contributed by atoms with van der Waals surface area (Å²) in [5, 5.41) is 4.65. The molecule has 15 heteroatoms. The predicted octanol–water partition coefficient (Wildman–Crippen LogP) is 4.72. The fourth-order valence-electron chi connectivity index (χ4n) is 4.75. The number of hydrogen-bond donors (Lipinski definition) is 3. The van der Waals surface area contributed by atoms with Crippen molar-refractivity contribution in [3.63, 3.8) is 0 Å². The van der Waals surface area contributed by atoms with Crippen molar-refractivity contribution in [2.75, 3.05) is 11.9 Å². The summed E-state index contributed by atoms with van der Waals surface area (Å²) in [6.45, 7) is 5.19. The zero-order valence-corrected chi connectivity index (χ0v) is 25.2. The number of carbonyl (C=O) groups is 1. The summed E-state index contributed by atoms with van der Waals surface area (Å²) in [5.41, 5.74) is -0.935. The van der Waals surface area contributed by atoms with Gasteiger partial charge < -0.3 is 10.6 Å². The molecule has 0 radical (unpaired) electrons. The van der Waals surface area contributed by atoms with Crippen LogP contribution in [0, 0.1) is 5.92 Å². The number of pyridine rings is 3. The Morgan fingerprint density at radius 3 is 2.54 bits per heavy atom. The van der Waals surface area contributed by atoms with Crippen LogP contribution in [-0.4, -0.2) is 41.4 Å². The van der Waals surface area contributed by atoms with E-state index in [-0.39, 0.29) is 27.8 Å². The van der Waals surface area contributed by atoms with Crippen molar-refractivity contribution in [2.24, 2.45) is 5.92 Å². The van der Waals surface area contributed by atoms with Crippen LogP contribution in [0.25, 0.3) is 0 Å². The topological polar surface area (TPSA) is 131 Å². The molecule has 3 aromatic heterocycles. The van der Waals surface area contributed by atoms with Crippen LogP contribution >= 0.6 is 27.5 Å². The molecule has 1 amide bonds. The molecule has 0 aliphatic carbocycles. The van der Waals surface area contributed by atoms with Crippen molar-refractivity contribution in [1.82, 2.24) is 19.7 Å². The number of nitrogens with one attached hydrogen (secondary N) is 2. The lowest BCUT2D eigenvalue weighted by Crippen LogP contribution is -2.91. The number of hydrogen-bond acceptors (Lipinski definition) is 7. The number of nitrogens with zero attached hydrogens (tertiary/aromatic N) is 3. The van der Waals surface area contributed by atoms with Gasteiger partial charge >= 0.3 is 6.18 Å². The van der Waals surface area contributed by atoms with E-state index >= 15 is 0 Å². The molecule has 1 aliphatic rings.